The standard InChI is InChI=1S/C18H17NO4/c1-21-14-10-8-13(9-11-14)17-19-15(18(20)22-2)16(23-17)12-6-4-3-5-7-12/h3-11,15-16H,1-2H3/t15-,16+/m1/s1. The second kappa shape index (κ2) is 6.52. The first-order valence-corrected chi connectivity index (χ1v) is 7.24. The molecule has 3 rings (SSSR count). The van der Waals surface area contributed by atoms with E-state index in [2.05, 4.69) is 4.99 Å². The van der Waals surface area contributed by atoms with Gasteiger partial charge in [0, 0.05) is 5.56 Å². The molecule has 0 aromatic heterocycles. The Hall–Kier alpha value is -2.82. The maximum Gasteiger partial charge on any atom is 0.335 e. The van der Waals surface area contributed by atoms with Gasteiger partial charge in [0.1, 0.15) is 5.75 Å². The lowest BCUT2D eigenvalue weighted by molar-refractivity contribution is -0.143. The molecule has 0 saturated heterocycles. The first kappa shape index (κ1) is 15.1. The highest BCUT2D eigenvalue weighted by molar-refractivity contribution is 5.98. The van der Waals surface area contributed by atoms with E-state index >= 15 is 0 Å². The summed E-state index contributed by atoms with van der Waals surface area (Å²) in [5.74, 6) is 0.760. The van der Waals surface area contributed by atoms with Crippen LogP contribution < -0.4 is 4.74 Å². The first-order chi connectivity index (χ1) is 11.2. The second-order valence-electron chi connectivity index (χ2n) is 5.08. The number of hydrogen-bond donors (Lipinski definition) is 0. The van der Waals surface area contributed by atoms with E-state index in [1.807, 2.05) is 54.6 Å². The van der Waals surface area contributed by atoms with Crippen LogP contribution in [0.5, 0.6) is 5.75 Å². The van der Waals surface area contributed by atoms with Crippen LogP contribution in [-0.4, -0.2) is 32.1 Å². The van der Waals surface area contributed by atoms with Crippen LogP contribution in [0.15, 0.2) is 59.6 Å². The molecule has 0 amide bonds. The van der Waals surface area contributed by atoms with E-state index in [0.29, 0.717) is 5.90 Å². The summed E-state index contributed by atoms with van der Waals surface area (Å²) in [5, 5.41) is 0. The van der Waals surface area contributed by atoms with Gasteiger partial charge in [-0.3, -0.25) is 0 Å². The van der Waals surface area contributed by atoms with Crippen molar-refractivity contribution in [2.45, 2.75) is 12.1 Å². The molecule has 118 valence electrons. The Balaban J connectivity index is 1.91. The first-order valence-electron chi connectivity index (χ1n) is 7.24. The smallest absolute Gasteiger partial charge is 0.335 e. The van der Waals surface area contributed by atoms with Gasteiger partial charge in [0.2, 0.25) is 5.90 Å². The molecule has 5 heteroatoms. The lowest BCUT2D eigenvalue weighted by Gasteiger charge is -2.16. The van der Waals surface area contributed by atoms with Crippen molar-refractivity contribution in [1.82, 2.24) is 0 Å². The zero-order chi connectivity index (χ0) is 16.2. The molecule has 0 aliphatic carbocycles. The molecule has 23 heavy (non-hydrogen) atoms. The van der Waals surface area contributed by atoms with Crippen LogP contribution in [-0.2, 0) is 14.3 Å². The van der Waals surface area contributed by atoms with Gasteiger partial charge in [-0.05, 0) is 29.8 Å². The van der Waals surface area contributed by atoms with Crippen molar-refractivity contribution in [2.75, 3.05) is 14.2 Å². The van der Waals surface area contributed by atoms with Crippen molar-refractivity contribution in [3.8, 4) is 5.75 Å². The number of hydrogen-bond acceptors (Lipinski definition) is 5. The van der Waals surface area contributed by atoms with E-state index in [4.69, 9.17) is 14.2 Å². The zero-order valence-corrected chi connectivity index (χ0v) is 12.9. The summed E-state index contributed by atoms with van der Waals surface area (Å²) in [6.07, 6.45) is -0.485. The number of benzene rings is 2. The van der Waals surface area contributed by atoms with Crippen LogP contribution in [0.1, 0.15) is 17.2 Å². The third-order valence-electron chi connectivity index (χ3n) is 3.69. The predicted octanol–water partition coefficient (Wildman–Crippen LogP) is 2.75. The summed E-state index contributed by atoms with van der Waals surface area (Å²) in [6, 6.07) is 16.2. The SMILES string of the molecule is COC(=O)[C@@H]1N=C(c2ccc(OC)cc2)O[C@H]1c1ccccc1. The van der Waals surface area contributed by atoms with Crippen LogP contribution >= 0.6 is 0 Å². The number of aliphatic imine (C=N–C) groups is 1. The Morgan fingerprint density at radius 1 is 1.04 bits per heavy atom. The molecule has 5 nitrogen and oxygen atoms in total. The van der Waals surface area contributed by atoms with Gasteiger partial charge in [-0.1, -0.05) is 30.3 Å². The number of methoxy groups -OCH3 is 2. The predicted molar refractivity (Wildman–Crippen MR) is 85.6 cm³/mol. The van der Waals surface area contributed by atoms with E-state index in [1.54, 1.807) is 7.11 Å². The van der Waals surface area contributed by atoms with Crippen molar-refractivity contribution < 1.29 is 19.0 Å². The average Bonchev–Trinajstić information content (AvgIpc) is 3.07. The average molecular weight is 311 g/mol. The fraction of sp³-hybridized carbons (Fsp3) is 0.222. The van der Waals surface area contributed by atoms with Gasteiger partial charge in [-0.25, -0.2) is 9.79 Å². The molecule has 0 N–H and O–H groups in total. The molecule has 1 heterocycles. The summed E-state index contributed by atoms with van der Waals surface area (Å²) >= 11 is 0. The molecular weight excluding hydrogens is 294 g/mol. The van der Waals surface area contributed by atoms with Crippen molar-refractivity contribution >= 4 is 11.9 Å². The van der Waals surface area contributed by atoms with Crippen molar-refractivity contribution in [3.05, 3.63) is 65.7 Å². The Labute approximate surface area is 134 Å². The zero-order valence-electron chi connectivity index (χ0n) is 12.9. The number of nitrogens with zero attached hydrogens (tertiary/aromatic N) is 1. The normalized spacial score (nSPS) is 19.7. The number of rotatable bonds is 4. The van der Waals surface area contributed by atoms with E-state index < -0.39 is 18.1 Å². The summed E-state index contributed by atoms with van der Waals surface area (Å²) in [5.41, 5.74) is 1.67. The second-order valence-corrected chi connectivity index (χ2v) is 5.08. The van der Waals surface area contributed by atoms with E-state index in [-0.39, 0.29) is 0 Å². The quantitative estimate of drug-likeness (QED) is 0.815. The Kier molecular flexibility index (Phi) is 4.28. The molecule has 0 saturated carbocycles. The van der Waals surface area contributed by atoms with Crippen LogP contribution in [0.25, 0.3) is 0 Å². The monoisotopic (exact) mass is 311 g/mol. The Morgan fingerprint density at radius 3 is 2.35 bits per heavy atom. The van der Waals surface area contributed by atoms with Gasteiger partial charge in [0.25, 0.3) is 0 Å². The fourth-order valence-corrected chi connectivity index (χ4v) is 2.48. The molecule has 1 aliphatic rings. The molecule has 0 bridgehead atoms. The van der Waals surface area contributed by atoms with Gasteiger partial charge in [-0.2, -0.15) is 0 Å². The topological polar surface area (TPSA) is 57.1 Å². The van der Waals surface area contributed by atoms with E-state index in [0.717, 1.165) is 16.9 Å². The molecule has 0 spiro atoms. The molecule has 2 aromatic rings. The lowest BCUT2D eigenvalue weighted by Crippen LogP contribution is -2.25. The highest BCUT2D eigenvalue weighted by Crippen LogP contribution is 2.32. The van der Waals surface area contributed by atoms with Gasteiger partial charge in [-0.15, -0.1) is 0 Å². The third kappa shape index (κ3) is 3.04. The van der Waals surface area contributed by atoms with Gasteiger partial charge in [0.15, 0.2) is 12.1 Å². The van der Waals surface area contributed by atoms with Crippen molar-refractivity contribution in [1.29, 1.82) is 0 Å². The molecule has 2 aromatic carbocycles. The van der Waals surface area contributed by atoms with Gasteiger partial charge < -0.3 is 14.2 Å². The third-order valence-corrected chi connectivity index (χ3v) is 3.69. The maximum atomic E-state index is 12.0. The number of carbonyl (C=O) groups is 1. The molecule has 1 aliphatic heterocycles. The van der Waals surface area contributed by atoms with E-state index in [9.17, 15) is 4.79 Å². The summed E-state index contributed by atoms with van der Waals surface area (Å²) in [6.45, 7) is 0. The molecule has 0 fully saturated rings. The van der Waals surface area contributed by atoms with Crippen molar-refractivity contribution in [3.63, 3.8) is 0 Å². The summed E-state index contributed by atoms with van der Waals surface area (Å²) in [4.78, 5) is 16.5. The molecular formula is C18H17NO4. The van der Waals surface area contributed by atoms with Crippen LogP contribution in [0.4, 0.5) is 0 Å². The largest absolute Gasteiger partial charge is 0.497 e. The molecule has 2 atom stereocenters. The Morgan fingerprint density at radius 2 is 1.74 bits per heavy atom. The van der Waals surface area contributed by atoms with Gasteiger partial charge in [0.05, 0.1) is 14.2 Å². The highest BCUT2D eigenvalue weighted by Gasteiger charge is 2.38. The van der Waals surface area contributed by atoms with Crippen LogP contribution in [0.3, 0.4) is 0 Å². The van der Waals surface area contributed by atoms with Crippen LogP contribution in [0, 0.1) is 0 Å². The minimum atomic E-state index is -0.709. The van der Waals surface area contributed by atoms with Crippen molar-refractivity contribution in [2.24, 2.45) is 4.99 Å². The number of ether oxygens (including phenoxy) is 3. The summed E-state index contributed by atoms with van der Waals surface area (Å²) in [7, 11) is 2.96. The fourth-order valence-electron chi connectivity index (χ4n) is 2.48. The Bertz CT molecular complexity index is 710. The van der Waals surface area contributed by atoms with E-state index in [1.165, 1.54) is 7.11 Å². The minimum Gasteiger partial charge on any atom is -0.497 e. The molecule has 0 unspecified atom stereocenters. The maximum absolute atomic E-state index is 12.0. The minimum absolute atomic E-state index is 0.414. The number of carbonyl (C=O) groups excluding carboxylic acids is 1. The highest BCUT2D eigenvalue weighted by atomic mass is 16.5. The van der Waals surface area contributed by atoms with Crippen LogP contribution in [0.2, 0.25) is 0 Å². The number of esters is 1. The molecule has 0 radical (unpaired) electrons. The lowest BCUT2D eigenvalue weighted by atomic mass is 10.0. The summed E-state index contributed by atoms with van der Waals surface area (Å²) < 4.78 is 16.0. The van der Waals surface area contributed by atoms with Gasteiger partial charge >= 0.3 is 5.97 Å².